The predicted octanol–water partition coefficient (Wildman–Crippen LogP) is 4.05. The van der Waals surface area contributed by atoms with Gasteiger partial charge in [-0.05, 0) is 55.7 Å². The maximum atomic E-state index is 12.8. The average molecular weight is 449 g/mol. The third-order valence-electron chi connectivity index (χ3n) is 4.94. The van der Waals surface area contributed by atoms with Crippen molar-refractivity contribution in [3.05, 3.63) is 65.2 Å². The average Bonchev–Trinajstić information content (AvgIpc) is 2.69. The smallest absolute Gasteiger partial charge is 0.307 e. The maximum Gasteiger partial charge on any atom is 0.307 e. The Morgan fingerprint density at radius 1 is 1.07 bits per heavy atom. The van der Waals surface area contributed by atoms with Crippen LogP contribution in [-0.4, -0.2) is 25.4 Å². The van der Waals surface area contributed by atoms with E-state index in [1.54, 1.807) is 43.3 Å². The van der Waals surface area contributed by atoms with Gasteiger partial charge >= 0.3 is 5.97 Å². The molecule has 2 aromatic rings. The van der Waals surface area contributed by atoms with E-state index in [0.717, 1.165) is 0 Å². The molecule has 0 bridgehead atoms. The van der Waals surface area contributed by atoms with Gasteiger partial charge in [0.25, 0.3) is 10.0 Å². The van der Waals surface area contributed by atoms with Crippen LogP contribution in [0.2, 0.25) is 5.02 Å². The number of nitrogens with one attached hydrogen (secondary N) is 2. The predicted molar refractivity (Wildman–Crippen MR) is 115 cm³/mol. The van der Waals surface area contributed by atoms with Crippen molar-refractivity contribution in [1.82, 2.24) is 0 Å². The van der Waals surface area contributed by atoms with Crippen LogP contribution in [0.3, 0.4) is 0 Å². The minimum Gasteiger partial charge on any atom is -0.481 e. The molecular weight excluding hydrogens is 428 g/mol. The van der Waals surface area contributed by atoms with Crippen LogP contribution in [0.15, 0.2) is 59.5 Å². The van der Waals surface area contributed by atoms with Crippen LogP contribution >= 0.6 is 11.6 Å². The molecule has 3 rings (SSSR count). The lowest BCUT2D eigenvalue weighted by Crippen LogP contribution is -2.34. The van der Waals surface area contributed by atoms with Gasteiger partial charge in [-0.15, -0.1) is 0 Å². The van der Waals surface area contributed by atoms with Gasteiger partial charge in [0.15, 0.2) is 0 Å². The number of carboxylic acid groups (broad SMARTS) is 1. The van der Waals surface area contributed by atoms with Crippen molar-refractivity contribution in [1.29, 1.82) is 0 Å². The first-order valence-corrected chi connectivity index (χ1v) is 11.1. The van der Waals surface area contributed by atoms with Crippen molar-refractivity contribution < 1.29 is 23.1 Å². The van der Waals surface area contributed by atoms with Crippen LogP contribution in [0.5, 0.6) is 0 Å². The highest BCUT2D eigenvalue weighted by Crippen LogP contribution is 2.29. The summed E-state index contributed by atoms with van der Waals surface area (Å²) in [6.45, 7) is 1.73. The Balaban J connectivity index is 1.83. The molecular formula is C21H21ClN2O5S. The van der Waals surface area contributed by atoms with Crippen molar-refractivity contribution in [2.75, 3.05) is 10.0 Å². The first kappa shape index (κ1) is 21.9. The summed E-state index contributed by atoms with van der Waals surface area (Å²) < 4.78 is 28.0. The van der Waals surface area contributed by atoms with E-state index in [1.807, 2.05) is 0 Å². The van der Waals surface area contributed by atoms with Crippen molar-refractivity contribution in [3.8, 4) is 0 Å². The number of sulfonamides is 1. The van der Waals surface area contributed by atoms with Crippen LogP contribution < -0.4 is 10.0 Å². The molecule has 3 N–H and O–H groups in total. The van der Waals surface area contributed by atoms with E-state index in [1.165, 1.54) is 18.2 Å². The fraction of sp³-hybridized carbons (Fsp3) is 0.238. The second-order valence-electron chi connectivity index (χ2n) is 7.08. The Morgan fingerprint density at radius 3 is 2.43 bits per heavy atom. The molecule has 0 heterocycles. The number of carbonyl (C=O) groups excluding carboxylic acids is 1. The number of aliphatic carboxylic acids is 1. The number of aryl methyl sites for hydroxylation is 1. The molecule has 1 aliphatic rings. The number of carboxylic acids is 1. The van der Waals surface area contributed by atoms with Crippen LogP contribution in [0.25, 0.3) is 0 Å². The fourth-order valence-electron chi connectivity index (χ4n) is 3.27. The molecule has 0 saturated heterocycles. The number of halogens is 1. The van der Waals surface area contributed by atoms with Gasteiger partial charge < -0.3 is 10.4 Å². The third-order valence-corrected chi connectivity index (χ3v) is 6.55. The van der Waals surface area contributed by atoms with Gasteiger partial charge in [-0.25, -0.2) is 8.42 Å². The number of amides is 1. The largest absolute Gasteiger partial charge is 0.481 e. The summed E-state index contributed by atoms with van der Waals surface area (Å²) >= 11 is 5.90. The van der Waals surface area contributed by atoms with Gasteiger partial charge in [-0.3, -0.25) is 14.3 Å². The molecule has 0 saturated carbocycles. The number of hydrogen-bond acceptors (Lipinski definition) is 4. The monoisotopic (exact) mass is 448 g/mol. The molecule has 0 fully saturated rings. The standard InChI is InChI=1S/C21H21ClN2O5S/c1-13-9-10-16(30(28,29)24-15-6-4-5-14(22)11-15)12-19(13)23-20(25)17-7-2-3-8-18(17)21(26)27/h2-6,9-12,17-18,24H,7-8H2,1H3,(H,23,25)(H,26,27)/t17-,18-/m1/s1. The molecule has 0 unspecified atom stereocenters. The second kappa shape index (κ2) is 8.89. The van der Waals surface area contributed by atoms with Crippen molar-refractivity contribution >= 4 is 44.9 Å². The third kappa shape index (κ3) is 5.01. The summed E-state index contributed by atoms with van der Waals surface area (Å²) in [6, 6.07) is 10.7. The lowest BCUT2D eigenvalue weighted by Gasteiger charge is -2.24. The minimum atomic E-state index is -3.92. The second-order valence-corrected chi connectivity index (χ2v) is 9.19. The lowest BCUT2D eigenvalue weighted by molar-refractivity contribution is -0.146. The van der Waals surface area contributed by atoms with Gasteiger partial charge in [-0.2, -0.15) is 0 Å². The summed E-state index contributed by atoms with van der Waals surface area (Å²) in [5.41, 5.74) is 1.28. The first-order chi connectivity index (χ1) is 14.2. The summed E-state index contributed by atoms with van der Waals surface area (Å²) in [4.78, 5) is 24.2. The van der Waals surface area contributed by atoms with Crippen molar-refractivity contribution in [2.24, 2.45) is 11.8 Å². The molecule has 1 aliphatic carbocycles. The van der Waals surface area contributed by atoms with E-state index < -0.39 is 33.7 Å². The van der Waals surface area contributed by atoms with Crippen molar-refractivity contribution in [3.63, 3.8) is 0 Å². The highest BCUT2D eigenvalue weighted by molar-refractivity contribution is 7.92. The molecule has 7 nitrogen and oxygen atoms in total. The van der Waals surface area contributed by atoms with E-state index in [0.29, 0.717) is 28.4 Å². The van der Waals surface area contributed by atoms with Crippen LogP contribution in [-0.2, 0) is 19.6 Å². The van der Waals surface area contributed by atoms with Gasteiger partial charge in [0.1, 0.15) is 0 Å². The molecule has 0 aliphatic heterocycles. The maximum absolute atomic E-state index is 12.8. The lowest BCUT2D eigenvalue weighted by atomic mass is 9.82. The Bertz CT molecular complexity index is 1110. The first-order valence-electron chi connectivity index (χ1n) is 9.25. The van der Waals surface area contributed by atoms with Crippen LogP contribution in [0.4, 0.5) is 11.4 Å². The van der Waals surface area contributed by atoms with Gasteiger partial charge in [0.05, 0.1) is 22.4 Å². The molecule has 1 amide bonds. The van der Waals surface area contributed by atoms with Gasteiger partial charge in [-0.1, -0.05) is 35.9 Å². The molecule has 158 valence electrons. The molecule has 30 heavy (non-hydrogen) atoms. The topological polar surface area (TPSA) is 113 Å². The molecule has 0 aromatic heterocycles. The fourth-order valence-corrected chi connectivity index (χ4v) is 4.54. The zero-order valence-corrected chi connectivity index (χ0v) is 17.7. The normalized spacial score (nSPS) is 18.6. The highest BCUT2D eigenvalue weighted by atomic mass is 35.5. The van der Waals surface area contributed by atoms with Crippen LogP contribution in [0.1, 0.15) is 18.4 Å². The summed E-state index contributed by atoms with van der Waals surface area (Å²) in [7, 11) is -3.92. The van der Waals surface area contributed by atoms with Gasteiger partial charge in [0, 0.05) is 10.7 Å². The van der Waals surface area contributed by atoms with Crippen LogP contribution in [0, 0.1) is 18.8 Å². The zero-order valence-electron chi connectivity index (χ0n) is 16.1. The highest BCUT2D eigenvalue weighted by Gasteiger charge is 2.34. The molecule has 9 heteroatoms. The SMILES string of the molecule is Cc1ccc(S(=O)(=O)Nc2cccc(Cl)c2)cc1NC(=O)[C@@H]1CC=CC[C@H]1C(=O)O. The summed E-state index contributed by atoms with van der Waals surface area (Å²) in [5, 5.41) is 12.5. The molecule has 2 atom stereocenters. The van der Waals surface area contributed by atoms with E-state index in [9.17, 15) is 23.1 Å². The van der Waals surface area contributed by atoms with E-state index in [2.05, 4.69) is 10.0 Å². The Morgan fingerprint density at radius 2 is 1.77 bits per heavy atom. The molecule has 0 radical (unpaired) electrons. The van der Waals surface area contributed by atoms with E-state index >= 15 is 0 Å². The van der Waals surface area contributed by atoms with Gasteiger partial charge in [0.2, 0.25) is 5.91 Å². The summed E-state index contributed by atoms with van der Waals surface area (Å²) in [6.07, 6.45) is 4.13. The minimum absolute atomic E-state index is 0.0401. The number of anilines is 2. The quantitative estimate of drug-likeness (QED) is 0.577. The molecule has 0 spiro atoms. The zero-order chi connectivity index (χ0) is 21.9. The Labute approximate surface area is 179 Å². The Hall–Kier alpha value is -2.84. The Kier molecular flexibility index (Phi) is 6.48. The van der Waals surface area contributed by atoms with Crippen molar-refractivity contribution in [2.45, 2.75) is 24.7 Å². The number of carbonyl (C=O) groups is 2. The summed E-state index contributed by atoms with van der Waals surface area (Å²) in [5.74, 6) is -3.02. The number of benzene rings is 2. The van der Waals surface area contributed by atoms with E-state index in [-0.39, 0.29) is 11.3 Å². The molecule has 2 aromatic carbocycles. The number of hydrogen-bond donors (Lipinski definition) is 3. The number of rotatable bonds is 6. The van der Waals surface area contributed by atoms with E-state index in [4.69, 9.17) is 11.6 Å². The number of allylic oxidation sites excluding steroid dienone is 2.